The molecule has 3 heterocycles. The van der Waals surface area contributed by atoms with Crippen molar-refractivity contribution >= 4 is 61.1 Å². The molecule has 0 fully saturated rings. The fourth-order valence-corrected chi connectivity index (χ4v) is 7.90. The van der Waals surface area contributed by atoms with E-state index >= 15 is 0 Å². The molecule has 1 aliphatic heterocycles. The van der Waals surface area contributed by atoms with Crippen LogP contribution in [0.4, 0.5) is 5.69 Å². The number of anilines is 1. The summed E-state index contributed by atoms with van der Waals surface area (Å²) in [5, 5.41) is 14.6. The van der Waals surface area contributed by atoms with Gasteiger partial charge in [-0.05, 0) is 96.9 Å². The first-order valence-electron chi connectivity index (χ1n) is 17.2. The summed E-state index contributed by atoms with van der Waals surface area (Å²) in [5.74, 6) is -0.792. The van der Waals surface area contributed by atoms with Crippen LogP contribution in [0.25, 0.3) is 66.1 Å². The lowest BCUT2D eigenvalue weighted by Gasteiger charge is -2.17. The van der Waals surface area contributed by atoms with Crippen molar-refractivity contribution in [2.75, 3.05) is 4.90 Å². The molecule has 0 radical (unpaired) electrons. The van der Waals surface area contributed by atoms with Gasteiger partial charge in [0.25, 0.3) is 11.8 Å². The van der Waals surface area contributed by atoms with Crippen LogP contribution in [0.1, 0.15) is 31.8 Å². The summed E-state index contributed by atoms with van der Waals surface area (Å²) in [6, 6.07) is 52.9. The second kappa shape index (κ2) is 11.1. The molecule has 2 aromatic heterocycles. The standard InChI is InChI=1S/C46H28N4O2/c1-28-14-18-32(19-15-28)48-41-12-6-4-8-35(41)39-24-30(16-20-43(39)48)31-17-21-44-40(25-31)36-9-5-7-13-42(36)49(44)33-22-29(27-47)23-34(26-33)50-45(51)37-10-2-3-11-38(37)46(50)52/h2-26H,1H3. The Morgan fingerprint density at radius 3 is 1.50 bits per heavy atom. The van der Waals surface area contributed by atoms with Crippen molar-refractivity contribution in [3.05, 3.63) is 174 Å². The molecule has 0 spiro atoms. The quantitative estimate of drug-likeness (QED) is 0.175. The van der Waals surface area contributed by atoms with Gasteiger partial charge in [0.15, 0.2) is 0 Å². The zero-order valence-corrected chi connectivity index (χ0v) is 28.0. The van der Waals surface area contributed by atoms with Gasteiger partial charge in [-0.3, -0.25) is 9.59 Å². The molecule has 244 valence electrons. The van der Waals surface area contributed by atoms with Gasteiger partial charge in [-0.15, -0.1) is 0 Å². The SMILES string of the molecule is Cc1ccc(-n2c3ccccc3c3cc(-c4ccc5c(c4)c4ccccc4n5-c4cc(C#N)cc(N5C(=O)c6ccccc6C5=O)c4)ccc32)cc1. The maximum absolute atomic E-state index is 13.5. The fraction of sp³-hybridized carbons (Fsp3) is 0.0217. The van der Waals surface area contributed by atoms with E-state index in [1.165, 1.54) is 21.2 Å². The monoisotopic (exact) mass is 668 g/mol. The highest BCUT2D eigenvalue weighted by molar-refractivity contribution is 6.34. The van der Waals surface area contributed by atoms with E-state index in [1.807, 2.05) is 18.2 Å². The van der Waals surface area contributed by atoms with Crippen molar-refractivity contribution in [3.8, 4) is 28.6 Å². The Bertz CT molecular complexity index is 3000. The van der Waals surface area contributed by atoms with E-state index in [-0.39, 0.29) is 0 Å². The highest BCUT2D eigenvalue weighted by Crippen LogP contribution is 2.39. The Labute approximate surface area is 298 Å². The predicted molar refractivity (Wildman–Crippen MR) is 208 cm³/mol. The number of imide groups is 1. The van der Waals surface area contributed by atoms with E-state index in [9.17, 15) is 14.9 Å². The summed E-state index contributed by atoms with van der Waals surface area (Å²) in [6.07, 6.45) is 0. The number of para-hydroxylation sites is 2. The van der Waals surface area contributed by atoms with Gasteiger partial charge in [-0.2, -0.15) is 5.26 Å². The van der Waals surface area contributed by atoms with Crippen LogP contribution in [0.2, 0.25) is 0 Å². The molecule has 0 atom stereocenters. The number of aromatic nitrogens is 2. The molecule has 0 saturated carbocycles. The average Bonchev–Trinajstić information content (AvgIpc) is 3.79. The summed E-state index contributed by atoms with van der Waals surface area (Å²) in [6.45, 7) is 2.11. The number of nitriles is 1. The summed E-state index contributed by atoms with van der Waals surface area (Å²) in [4.78, 5) is 28.1. The normalized spacial score (nSPS) is 12.7. The Morgan fingerprint density at radius 1 is 0.462 bits per heavy atom. The third kappa shape index (κ3) is 4.30. The van der Waals surface area contributed by atoms with Gasteiger partial charge in [0.05, 0.1) is 50.5 Å². The minimum absolute atomic E-state index is 0.352. The molecule has 6 nitrogen and oxygen atoms in total. The molecule has 0 bridgehead atoms. The number of carbonyl (C=O) groups excluding carboxylic acids is 2. The van der Waals surface area contributed by atoms with Crippen molar-refractivity contribution in [1.29, 1.82) is 5.26 Å². The highest BCUT2D eigenvalue weighted by atomic mass is 16.2. The highest BCUT2D eigenvalue weighted by Gasteiger charge is 2.36. The van der Waals surface area contributed by atoms with E-state index in [0.717, 1.165) is 49.7 Å². The first kappa shape index (κ1) is 29.7. The Morgan fingerprint density at radius 2 is 0.942 bits per heavy atom. The van der Waals surface area contributed by atoms with Crippen LogP contribution in [0.15, 0.2) is 152 Å². The second-order valence-corrected chi connectivity index (χ2v) is 13.3. The van der Waals surface area contributed by atoms with Crippen LogP contribution in [0.3, 0.4) is 0 Å². The number of hydrogen-bond donors (Lipinski definition) is 0. The van der Waals surface area contributed by atoms with Crippen LogP contribution >= 0.6 is 0 Å². The first-order valence-corrected chi connectivity index (χ1v) is 17.2. The van der Waals surface area contributed by atoms with Crippen molar-refractivity contribution < 1.29 is 9.59 Å². The molecule has 2 amide bonds. The average molecular weight is 669 g/mol. The van der Waals surface area contributed by atoms with E-state index in [4.69, 9.17) is 0 Å². The number of carbonyl (C=O) groups is 2. The Hall–Kier alpha value is -7.23. The minimum Gasteiger partial charge on any atom is -0.309 e. The summed E-state index contributed by atoms with van der Waals surface area (Å²) in [5.41, 5.74) is 10.9. The fourth-order valence-electron chi connectivity index (χ4n) is 7.90. The largest absolute Gasteiger partial charge is 0.309 e. The van der Waals surface area contributed by atoms with Gasteiger partial charge in [-0.25, -0.2) is 4.90 Å². The van der Waals surface area contributed by atoms with E-state index in [0.29, 0.717) is 28.1 Å². The molecule has 0 N–H and O–H groups in total. The second-order valence-electron chi connectivity index (χ2n) is 13.3. The molecule has 52 heavy (non-hydrogen) atoms. The van der Waals surface area contributed by atoms with Crippen LogP contribution in [-0.2, 0) is 0 Å². The summed E-state index contributed by atoms with van der Waals surface area (Å²) < 4.78 is 4.44. The number of fused-ring (bicyclic) bond motifs is 7. The van der Waals surface area contributed by atoms with Crippen LogP contribution in [-0.4, -0.2) is 20.9 Å². The van der Waals surface area contributed by atoms with Crippen LogP contribution in [0, 0.1) is 18.3 Å². The van der Waals surface area contributed by atoms with E-state index in [1.54, 1.807) is 36.4 Å². The van der Waals surface area contributed by atoms with Crippen molar-refractivity contribution in [3.63, 3.8) is 0 Å². The number of aryl methyl sites for hydroxylation is 1. The zero-order valence-electron chi connectivity index (χ0n) is 28.0. The summed E-state index contributed by atoms with van der Waals surface area (Å²) in [7, 11) is 0. The molecule has 10 rings (SSSR count). The molecule has 0 unspecified atom stereocenters. The van der Waals surface area contributed by atoms with E-state index < -0.39 is 11.8 Å². The number of hydrogen-bond acceptors (Lipinski definition) is 3. The molecule has 9 aromatic rings. The third-order valence-corrected chi connectivity index (χ3v) is 10.3. The number of benzene rings is 7. The van der Waals surface area contributed by atoms with Gasteiger partial charge in [0, 0.05) is 32.9 Å². The van der Waals surface area contributed by atoms with Gasteiger partial charge in [-0.1, -0.05) is 78.4 Å². The Balaban J connectivity index is 1.13. The zero-order chi connectivity index (χ0) is 35.1. The van der Waals surface area contributed by atoms with Crippen LogP contribution in [0.5, 0.6) is 0 Å². The van der Waals surface area contributed by atoms with Gasteiger partial charge < -0.3 is 9.13 Å². The Kier molecular flexibility index (Phi) is 6.36. The topological polar surface area (TPSA) is 71.0 Å². The predicted octanol–water partition coefficient (Wildman–Crippen LogP) is 10.5. The van der Waals surface area contributed by atoms with E-state index in [2.05, 4.69) is 119 Å². The van der Waals surface area contributed by atoms with Gasteiger partial charge >= 0.3 is 0 Å². The molecule has 1 aliphatic rings. The number of nitrogens with zero attached hydrogens (tertiary/aromatic N) is 4. The minimum atomic E-state index is -0.396. The third-order valence-electron chi connectivity index (χ3n) is 10.3. The molecule has 0 saturated heterocycles. The lowest BCUT2D eigenvalue weighted by molar-refractivity contribution is 0.0926. The molecule has 0 aliphatic carbocycles. The lowest BCUT2D eigenvalue weighted by atomic mass is 10.0. The van der Waals surface area contributed by atoms with Crippen molar-refractivity contribution in [2.24, 2.45) is 0 Å². The maximum atomic E-state index is 13.5. The number of rotatable bonds is 4. The molecular formula is C46H28N4O2. The lowest BCUT2D eigenvalue weighted by Crippen LogP contribution is -2.29. The van der Waals surface area contributed by atoms with Crippen LogP contribution < -0.4 is 4.90 Å². The van der Waals surface area contributed by atoms with Gasteiger partial charge in [0.2, 0.25) is 0 Å². The molecule has 6 heteroatoms. The number of amides is 2. The van der Waals surface area contributed by atoms with Crippen molar-refractivity contribution in [1.82, 2.24) is 9.13 Å². The smallest absolute Gasteiger partial charge is 0.266 e. The summed E-state index contributed by atoms with van der Waals surface area (Å²) >= 11 is 0. The maximum Gasteiger partial charge on any atom is 0.266 e. The molecule has 7 aromatic carbocycles. The molecular weight excluding hydrogens is 641 g/mol. The van der Waals surface area contributed by atoms with Crippen molar-refractivity contribution in [2.45, 2.75) is 6.92 Å². The first-order chi connectivity index (χ1) is 25.5. The van der Waals surface area contributed by atoms with Gasteiger partial charge in [0.1, 0.15) is 0 Å².